The average molecular weight is 234 g/mol. The van der Waals surface area contributed by atoms with E-state index in [2.05, 4.69) is 52.0 Å². The van der Waals surface area contributed by atoms with Gasteiger partial charge in [0.1, 0.15) is 0 Å². The third-order valence-electron chi connectivity index (χ3n) is 3.85. The zero-order valence-electron chi connectivity index (χ0n) is 11.5. The highest BCUT2D eigenvalue weighted by Gasteiger charge is 2.26. The Morgan fingerprint density at radius 2 is 1.59 bits per heavy atom. The van der Waals surface area contributed by atoms with Crippen LogP contribution in [0.15, 0.2) is 24.3 Å². The number of rotatable bonds is 5. The van der Waals surface area contributed by atoms with E-state index in [-0.39, 0.29) is 11.5 Å². The number of hydrogen-bond donors (Lipinski definition) is 2. The third kappa shape index (κ3) is 3.30. The molecule has 2 atom stereocenters. The smallest absolute Gasteiger partial charge is 0.0358 e. The lowest BCUT2D eigenvalue weighted by molar-refractivity contribution is 0.301. The summed E-state index contributed by atoms with van der Waals surface area (Å²) in [6.07, 6.45) is 1.17. The van der Waals surface area contributed by atoms with Crippen LogP contribution < -0.4 is 11.5 Å². The molecule has 4 N–H and O–H groups in total. The molecule has 2 heteroatoms. The van der Waals surface area contributed by atoms with Crippen molar-refractivity contribution in [2.75, 3.05) is 6.54 Å². The molecule has 0 spiro atoms. The Labute approximate surface area is 105 Å². The van der Waals surface area contributed by atoms with Gasteiger partial charge in [0.05, 0.1) is 0 Å². The molecule has 96 valence electrons. The van der Waals surface area contributed by atoms with Gasteiger partial charge in [-0.2, -0.15) is 0 Å². The van der Waals surface area contributed by atoms with E-state index in [0.29, 0.717) is 12.5 Å². The number of hydrogen-bond acceptors (Lipinski definition) is 2. The first-order valence-electron chi connectivity index (χ1n) is 6.48. The number of nitrogens with two attached hydrogens (primary N) is 2. The summed E-state index contributed by atoms with van der Waals surface area (Å²) in [5.74, 6) is 0.614. The Morgan fingerprint density at radius 3 is 2.00 bits per heavy atom. The van der Waals surface area contributed by atoms with Crippen molar-refractivity contribution in [3.63, 3.8) is 0 Å². The van der Waals surface area contributed by atoms with Crippen molar-refractivity contribution < 1.29 is 0 Å². The highest BCUT2D eigenvalue weighted by Crippen LogP contribution is 2.31. The minimum Gasteiger partial charge on any atom is -0.330 e. The Kier molecular flexibility index (Phi) is 4.72. The highest BCUT2D eigenvalue weighted by atomic mass is 14.7. The molecular weight excluding hydrogens is 208 g/mol. The predicted octanol–water partition coefficient (Wildman–Crippen LogP) is 3.18. The van der Waals surface area contributed by atoms with Gasteiger partial charge in [0.25, 0.3) is 0 Å². The van der Waals surface area contributed by atoms with E-state index in [9.17, 15) is 0 Å². The molecule has 17 heavy (non-hydrogen) atoms. The van der Waals surface area contributed by atoms with Crippen molar-refractivity contribution in [1.29, 1.82) is 0 Å². The lowest BCUT2D eigenvalue weighted by atomic mass is 9.80. The molecule has 1 aromatic carbocycles. The fourth-order valence-corrected chi connectivity index (χ4v) is 1.85. The molecule has 0 saturated carbocycles. The van der Waals surface area contributed by atoms with Gasteiger partial charge in [0.2, 0.25) is 0 Å². The maximum atomic E-state index is 6.26. The van der Waals surface area contributed by atoms with Crippen LogP contribution in [0.2, 0.25) is 0 Å². The normalized spacial score (nSPS) is 15.6. The maximum absolute atomic E-state index is 6.26. The zero-order valence-corrected chi connectivity index (χ0v) is 11.5. The van der Waals surface area contributed by atoms with Crippen molar-refractivity contribution in [2.45, 2.75) is 46.1 Å². The van der Waals surface area contributed by atoms with Crippen LogP contribution in [0.5, 0.6) is 0 Å². The van der Waals surface area contributed by atoms with Crippen LogP contribution in [-0.4, -0.2) is 6.54 Å². The first-order valence-corrected chi connectivity index (χ1v) is 6.48. The summed E-state index contributed by atoms with van der Waals surface area (Å²) < 4.78 is 0. The van der Waals surface area contributed by atoms with Crippen molar-refractivity contribution in [1.82, 2.24) is 0 Å². The molecule has 0 heterocycles. The fraction of sp³-hybridized carbons (Fsp3) is 0.600. The Hall–Kier alpha value is -0.860. The van der Waals surface area contributed by atoms with Crippen LogP contribution in [0, 0.1) is 5.41 Å². The molecule has 0 aromatic heterocycles. The van der Waals surface area contributed by atoms with E-state index >= 15 is 0 Å². The summed E-state index contributed by atoms with van der Waals surface area (Å²) in [5, 5.41) is 0. The van der Waals surface area contributed by atoms with Gasteiger partial charge in [0.15, 0.2) is 0 Å². The second-order valence-corrected chi connectivity index (χ2v) is 5.65. The zero-order chi connectivity index (χ0) is 13.1. The Bertz CT molecular complexity index is 340. The minimum atomic E-state index is -0.0576. The summed E-state index contributed by atoms with van der Waals surface area (Å²) in [7, 11) is 0. The highest BCUT2D eigenvalue weighted by molar-refractivity contribution is 5.28. The SMILES string of the molecule is CCC(C)c1ccc(C(N)C(C)(C)CN)cc1. The van der Waals surface area contributed by atoms with Gasteiger partial charge in [-0.25, -0.2) is 0 Å². The molecule has 0 aliphatic carbocycles. The second kappa shape index (κ2) is 5.65. The first kappa shape index (κ1) is 14.2. The van der Waals surface area contributed by atoms with E-state index in [1.807, 2.05) is 0 Å². The van der Waals surface area contributed by atoms with E-state index in [1.165, 1.54) is 17.5 Å². The van der Waals surface area contributed by atoms with Crippen molar-refractivity contribution in [2.24, 2.45) is 16.9 Å². The molecule has 0 amide bonds. The van der Waals surface area contributed by atoms with Gasteiger partial charge < -0.3 is 11.5 Å². The molecule has 0 radical (unpaired) electrons. The molecule has 0 bridgehead atoms. The summed E-state index contributed by atoms with van der Waals surface area (Å²) in [6, 6.07) is 8.66. The van der Waals surface area contributed by atoms with Crippen molar-refractivity contribution in [3.05, 3.63) is 35.4 Å². The largest absolute Gasteiger partial charge is 0.330 e. The van der Waals surface area contributed by atoms with Crippen LogP contribution in [0.25, 0.3) is 0 Å². The average Bonchev–Trinajstić information content (AvgIpc) is 2.37. The molecule has 1 aromatic rings. The van der Waals surface area contributed by atoms with E-state index < -0.39 is 0 Å². The summed E-state index contributed by atoms with van der Waals surface area (Å²) in [6.45, 7) is 9.28. The molecule has 0 saturated heterocycles. The molecule has 2 unspecified atom stereocenters. The van der Waals surface area contributed by atoms with Crippen molar-refractivity contribution >= 4 is 0 Å². The lowest BCUT2D eigenvalue weighted by Crippen LogP contribution is -2.35. The van der Waals surface area contributed by atoms with Gasteiger partial charge in [-0.15, -0.1) is 0 Å². The molecule has 1 rings (SSSR count). The van der Waals surface area contributed by atoms with E-state index in [1.54, 1.807) is 0 Å². The minimum absolute atomic E-state index is 0.00140. The summed E-state index contributed by atoms with van der Waals surface area (Å²) >= 11 is 0. The first-order chi connectivity index (χ1) is 7.92. The monoisotopic (exact) mass is 234 g/mol. The molecular formula is C15H26N2. The third-order valence-corrected chi connectivity index (χ3v) is 3.85. The van der Waals surface area contributed by atoms with Gasteiger partial charge >= 0.3 is 0 Å². The summed E-state index contributed by atoms with van der Waals surface area (Å²) in [5.41, 5.74) is 14.5. The second-order valence-electron chi connectivity index (χ2n) is 5.65. The van der Waals surface area contributed by atoms with Crippen LogP contribution in [0.1, 0.15) is 57.2 Å². The molecule has 0 aliphatic rings. The van der Waals surface area contributed by atoms with Gasteiger partial charge in [-0.05, 0) is 35.4 Å². The predicted molar refractivity (Wildman–Crippen MR) is 74.9 cm³/mol. The van der Waals surface area contributed by atoms with E-state index in [0.717, 1.165) is 0 Å². The maximum Gasteiger partial charge on any atom is 0.0358 e. The van der Waals surface area contributed by atoms with Gasteiger partial charge in [-0.3, -0.25) is 0 Å². The lowest BCUT2D eigenvalue weighted by Gasteiger charge is -2.30. The van der Waals surface area contributed by atoms with Crippen LogP contribution in [0.4, 0.5) is 0 Å². The molecule has 0 aliphatic heterocycles. The van der Waals surface area contributed by atoms with Crippen LogP contribution in [-0.2, 0) is 0 Å². The summed E-state index contributed by atoms with van der Waals surface area (Å²) in [4.78, 5) is 0. The van der Waals surface area contributed by atoms with Crippen LogP contribution >= 0.6 is 0 Å². The fourth-order valence-electron chi connectivity index (χ4n) is 1.85. The Balaban J connectivity index is 2.88. The van der Waals surface area contributed by atoms with Gasteiger partial charge in [0, 0.05) is 6.04 Å². The number of benzene rings is 1. The Morgan fingerprint density at radius 1 is 1.12 bits per heavy atom. The van der Waals surface area contributed by atoms with Crippen LogP contribution in [0.3, 0.4) is 0 Å². The van der Waals surface area contributed by atoms with Gasteiger partial charge in [-0.1, -0.05) is 52.0 Å². The molecule has 0 fully saturated rings. The standard InChI is InChI=1S/C15H26N2/c1-5-11(2)12-6-8-13(9-7-12)14(17)15(3,4)10-16/h6-9,11,14H,5,10,16-17H2,1-4H3. The van der Waals surface area contributed by atoms with Crippen molar-refractivity contribution in [3.8, 4) is 0 Å². The topological polar surface area (TPSA) is 52.0 Å². The quantitative estimate of drug-likeness (QED) is 0.822. The van der Waals surface area contributed by atoms with E-state index in [4.69, 9.17) is 11.5 Å². The molecule has 2 nitrogen and oxygen atoms in total.